The van der Waals surface area contributed by atoms with Gasteiger partial charge >= 0.3 is 0 Å². The quantitative estimate of drug-likeness (QED) is 0.906. The minimum atomic E-state index is 0.0448. The van der Waals surface area contributed by atoms with E-state index in [1.54, 1.807) is 0 Å². The Hall–Kier alpha value is -1.26. The van der Waals surface area contributed by atoms with Crippen LogP contribution in [0.3, 0.4) is 0 Å². The minimum Gasteiger partial charge on any atom is -0.483 e. The first-order valence-electron chi connectivity index (χ1n) is 7.10. The smallest absolute Gasteiger partial charge is 0.260 e. The van der Waals surface area contributed by atoms with Crippen molar-refractivity contribution < 1.29 is 9.53 Å². The number of nitrogens with zero attached hydrogens (tertiary/aromatic N) is 1. The van der Waals surface area contributed by atoms with Gasteiger partial charge in [-0.3, -0.25) is 4.79 Å². The van der Waals surface area contributed by atoms with E-state index in [1.807, 2.05) is 23.1 Å². The molecule has 1 aromatic carbocycles. The number of benzene rings is 1. The Morgan fingerprint density at radius 2 is 2.05 bits per heavy atom. The normalized spacial score (nSPS) is 15.2. The number of piperidine rings is 1. The van der Waals surface area contributed by atoms with Crippen molar-refractivity contribution in [1.82, 2.24) is 4.90 Å². The molecule has 1 aliphatic rings. The van der Waals surface area contributed by atoms with Crippen LogP contribution in [0.4, 0.5) is 0 Å². The second-order valence-corrected chi connectivity index (χ2v) is 5.39. The van der Waals surface area contributed by atoms with Crippen molar-refractivity contribution in [2.45, 2.75) is 25.7 Å². The number of hydrogen-bond donors (Lipinski definition) is 1. The molecule has 4 nitrogen and oxygen atoms in total. The Morgan fingerprint density at radius 3 is 2.75 bits per heavy atom. The Morgan fingerprint density at radius 1 is 1.30 bits per heavy atom. The van der Waals surface area contributed by atoms with Gasteiger partial charge in [0.2, 0.25) is 0 Å². The average Bonchev–Trinajstić information content (AvgIpc) is 2.48. The lowest BCUT2D eigenvalue weighted by atomic mass is 10.1. The maximum absolute atomic E-state index is 12.1. The van der Waals surface area contributed by atoms with E-state index in [2.05, 4.69) is 0 Å². The summed E-state index contributed by atoms with van der Waals surface area (Å²) in [6.45, 7) is 2.25. The molecular weight excluding hydrogens is 276 g/mol. The van der Waals surface area contributed by atoms with Crippen LogP contribution in [0.5, 0.6) is 5.75 Å². The summed E-state index contributed by atoms with van der Waals surface area (Å²) in [7, 11) is 0. The molecule has 0 bridgehead atoms. The third-order valence-corrected chi connectivity index (χ3v) is 3.88. The zero-order valence-electron chi connectivity index (χ0n) is 11.6. The van der Waals surface area contributed by atoms with E-state index in [1.165, 1.54) is 6.42 Å². The third kappa shape index (κ3) is 3.87. The zero-order chi connectivity index (χ0) is 14.4. The molecule has 0 saturated carbocycles. The maximum Gasteiger partial charge on any atom is 0.260 e. The third-order valence-electron chi connectivity index (χ3n) is 3.53. The molecule has 2 N–H and O–H groups in total. The standard InChI is InChI=1S/C15H21ClN2O2/c16-13-5-4-6-14(12(13)7-8-17)20-11-15(19)18-9-2-1-3-10-18/h4-6H,1-3,7-11,17H2. The fourth-order valence-corrected chi connectivity index (χ4v) is 2.70. The summed E-state index contributed by atoms with van der Waals surface area (Å²) >= 11 is 6.14. The van der Waals surface area contributed by atoms with Crippen LogP contribution in [0.2, 0.25) is 5.02 Å². The molecule has 0 spiro atoms. The molecule has 1 heterocycles. The fraction of sp³-hybridized carbons (Fsp3) is 0.533. The molecule has 1 fully saturated rings. The lowest BCUT2D eigenvalue weighted by Gasteiger charge is -2.26. The highest BCUT2D eigenvalue weighted by Crippen LogP contribution is 2.26. The molecule has 2 rings (SSSR count). The van der Waals surface area contributed by atoms with Crippen LogP contribution in [0.1, 0.15) is 24.8 Å². The average molecular weight is 297 g/mol. The van der Waals surface area contributed by atoms with E-state index < -0.39 is 0 Å². The molecule has 1 aromatic rings. The second-order valence-electron chi connectivity index (χ2n) is 4.99. The number of carbonyl (C=O) groups excluding carboxylic acids is 1. The van der Waals surface area contributed by atoms with Crippen molar-refractivity contribution in [3.05, 3.63) is 28.8 Å². The van der Waals surface area contributed by atoms with Crippen molar-refractivity contribution in [2.75, 3.05) is 26.2 Å². The van der Waals surface area contributed by atoms with Gasteiger partial charge in [0.1, 0.15) is 5.75 Å². The van der Waals surface area contributed by atoms with Gasteiger partial charge in [0.25, 0.3) is 5.91 Å². The molecule has 0 atom stereocenters. The number of hydrogen-bond acceptors (Lipinski definition) is 3. The summed E-state index contributed by atoms with van der Waals surface area (Å²) in [5.41, 5.74) is 6.46. The number of amides is 1. The van der Waals surface area contributed by atoms with E-state index in [0.29, 0.717) is 23.7 Å². The number of halogens is 1. The van der Waals surface area contributed by atoms with Gasteiger partial charge in [-0.1, -0.05) is 17.7 Å². The molecule has 0 aliphatic carbocycles. The first-order valence-corrected chi connectivity index (χ1v) is 7.48. The van der Waals surface area contributed by atoms with E-state index in [0.717, 1.165) is 31.5 Å². The first-order chi connectivity index (χ1) is 9.72. The SMILES string of the molecule is NCCc1c(Cl)cccc1OCC(=O)N1CCCCC1. The zero-order valence-corrected chi connectivity index (χ0v) is 12.4. The lowest BCUT2D eigenvalue weighted by molar-refractivity contribution is -0.134. The summed E-state index contributed by atoms with van der Waals surface area (Å²) in [4.78, 5) is 13.9. The van der Waals surface area contributed by atoms with Crippen molar-refractivity contribution in [2.24, 2.45) is 5.73 Å². The van der Waals surface area contributed by atoms with E-state index in [4.69, 9.17) is 22.1 Å². The summed E-state index contributed by atoms with van der Waals surface area (Å²) in [6, 6.07) is 5.47. The van der Waals surface area contributed by atoms with Crippen LogP contribution in [0, 0.1) is 0 Å². The summed E-state index contributed by atoms with van der Waals surface area (Å²) in [6.07, 6.45) is 4.02. The lowest BCUT2D eigenvalue weighted by Crippen LogP contribution is -2.38. The van der Waals surface area contributed by atoms with E-state index in [-0.39, 0.29) is 12.5 Å². The summed E-state index contributed by atoms with van der Waals surface area (Å²) in [5, 5.41) is 0.637. The van der Waals surface area contributed by atoms with Crippen molar-refractivity contribution in [1.29, 1.82) is 0 Å². The minimum absolute atomic E-state index is 0.0448. The van der Waals surface area contributed by atoms with E-state index in [9.17, 15) is 4.79 Å². The van der Waals surface area contributed by atoms with Crippen molar-refractivity contribution in [3.63, 3.8) is 0 Å². The molecule has 0 unspecified atom stereocenters. The molecule has 1 saturated heterocycles. The number of carbonyl (C=O) groups is 1. The van der Waals surface area contributed by atoms with Crippen molar-refractivity contribution >= 4 is 17.5 Å². The molecule has 110 valence electrons. The highest BCUT2D eigenvalue weighted by atomic mass is 35.5. The van der Waals surface area contributed by atoms with E-state index >= 15 is 0 Å². The predicted molar refractivity (Wildman–Crippen MR) is 80.1 cm³/mol. The Kier molecular flexibility index (Phi) is 5.68. The molecule has 1 aliphatic heterocycles. The van der Waals surface area contributed by atoms with Crippen LogP contribution in [-0.4, -0.2) is 37.0 Å². The van der Waals surface area contributed by atoms with Gasteiger partial charge in [-0.05, 0) is 44.4 Å². The Labute approximate surface area is 124 Å². The van der Waals surface area contributed by atoms with Gasteiger partial charge < -0.3 is 15.4 Å². The van der Waals surface area contributed by atoms with Gasteiger partial charge in [-0.15, -0.1) is 0 Å². The fourth-order valence-electron chi connectivity index (χ4n) is 2.44. The number of likely N-dealkylation sites (tertiary alicyclic amines) is 1. The van der Waals surface area contributed by atoms with Gasteiger partial charge in [-0.2, -0.15) is 0 Å². The van der Waals surface area contributed by atoms with Gasteiger partial charge in [0.05, 0.1) is 0 Å². The molecule has 1 amide bonds. The Balaban J connectivity index is 1.96. The Bertz CT molecular complexity index is 459. The van der Waals surface area contributed by atoms with Crippen LogP contribution in [0.25, 0.3) is 0 Å². The highest BCUT2D eigenvalue weighted by molar-refractivity contribution is 6.31. The van der Waals surface area contributed by atoms with Crippen LogP contribution < -0.4 is 10.5 Å². The molecule has 5 heteroatoms. The molecular formula is C15H21ClN2O2. The number of ether oxygens (including phenoxy) is 1. The summed E-state index contributed by atoms with van der Waals surface area (Å²) in [5.74, 6) is 0.705. The maximum atomic E-state index is 12.1. The second kappa shape index (κ2) is 7.50. The van der Waals surface area contributed by atoms with Crippen LogP contribution >= 0.6 is 11.6 Å². The molecule has 20 heavy (non-hydrogen) atoms. The monoisotopic (exact) mass is 296 g/mol. The topological polar surface area (TPSA) is 55.6 Å². The molecule has 0 aromatic heterocycles. The summed E-state index contributed by atoms with van der Waals surface area (Å²) < 4.78 is 5.65. The highest BCUT2D eigenvalue weighted by Gasteiger charge is 2.17. The predicted octanol–water partition coefficient (Wildman–Crippen LogP) is 2.23. The van der Waals surface area contributed by atoms with Crippen LogP contribution in [0.15, 0.2) is 18.2 Å². The van der Waals surface area contributed by atoms with Gasteiger partial charge in [-0.25, -0.2) is 0 Å². The van der Waals surface area contributed by atoms with Gasteiger partial charge in [0.15, 0.2) is 6.61 Å². The van der Waals surface area contributed by atoms with Crippen molar-refractivity contribution in [3.8, 4) is 5.75 Å². The van der Waals surface area contributed by atoms with Crippen LogP contribution in [-0.2, 0) is 11.2 Å². The molecule has 0 radical (unpaired) electrons. The number of rotatable bonds is 5. The first kappa shape index (κ1) is 15.1. The number of nitrogens with two attached hydrogens (primary N) is 1. The van der Waals surface area contributed by atoms with Gasteiger partial charge in [0, 0.05) is 23.7 Å². The largest absolute Gasteiger partial charge is 0.483 e.